The van der Waals surface area contributed by atoms with E-state index in [0.717, 1.165) is 25.7 Å². The summed E-state index contributed by atoms with van der Waals surface area (Å²) in [6.07, 6.45) is 5.90. The zero-order valence-corrected chi connectivity index (χ0v) is 22.5. The zero-order valence-electron chi connectivity index (χ0n) is 23.5. The number of nitrogens with one attached hydrogen (secondary N) is 3. The Morgan fingerprint density at radius 2 is 1.98 bits per heavy atom. The van der Waals surface area contributed by atoms with E-state index in [1.165, 1.54) is 23.8 Å². The van der Waals surface area contributed by atoms with E-state index in [1.54, 1.807) is 6.08 Å². The number of hydrogen-bond donors (Lipinski definition) is 4. The average molecular weight is 558 g/mol. The number of aliphatic hydroxyl groups excluding tert-OH is 1. The molecular weight excluding hydrogens is 520 g/mol. The van der Waals surface area contributed by atoms with Gasteiger partial charge in [0.1, 0.15) is 24.2 Å². The lowest BCUT2D eigenvalue weighted by molar-refractivity contribution is -0.153. The molecule has 1 saturated carbocycles. The van der Waals surface area contributed by atoms with Crippen LogP contribution in [0.2, 0.25) is 0 Å². The molecule has 0 aromatic carbocycles. The van der Waals surface area contributed by atoms with E-state index in [0.29, 0.717) is 24.3 Å². The van der Waals surface area contributed by atoms with Crippen LogP contribution in [0.1, 0.15) is 63.7 Å². The maximum atomic E-state index is 12.6. The van der Waals surface area contributed by atoms with E-state index in [-0.39, 0.29) is 49.8 Å². The number of nitrogens with zero attached hydrogens (tertiary/aromatic N) is 1. The number of ketones is 1. The predicted octanol–water partition coefficient (Wildman–Crippen LogP) is 0.849. The van der Waals surface area contributed by atoms with Crippen LogP contribution in [-0.4, -0.2) is 65.8 Å². The van der Waals surface area contributed by atoms with Gasteiger partial charge in [-0.2, -0.15) is 0 Å². The first-order valence-corrected chi connectivity index (χ1v) is 13.7. The van der Waals surface area contributed by atoms with Gasteiger partial charge in [0.25, 0.3) is 5.56 Å². The fourth-order valence-corrected chi connectivity index (χ4v) is 5.43. The van der Waals surface area contributed by atoms with Crippen molar-refractivity contribution in [2.45, 2.75) is 70.3 Å². The number of aromatic nitrogens is 2. The first-order valence-electron chi connectivity index (χ1n) is 14.1. The van der Waals surface area contributed by atoms with Gasteiger partial charge in [0.05, 0.1) is 18.6 Å². The monoisotopic (exact) mass is 557 g/mol. The van der Waals surface area contributed by atoms with Crippen molar-refractivity contribution < 1.29 is 29.0 Å². The van der Waals surface area contributed by atoms with Gasteiger partial charge >= 0.3 is 17.7 Å². The Kier molecular flexibility index (Phi) is 9.46. The number of H-pyrrole nitrogens is 1. The Balaban J connectivity index is 1.29. The standard InChI is InChI=1S/C28H36N4O8/c1-17(34)10-11-25(35)40-22-13-24(39-23(22)16-33)32-15-18(26(36)31-28(32)38)7-6-12-29-27(37)30-14-21-19-8-4-2-3-5-9-20(19)21/h6-7,15,19-24,33H,4-5,8-14,16H2,1H3,(H2,29,30,37)(H,31,36,38)/b7-6+/t19-,20+,21?,22?,23-,24-/m1/s1/i33D. The van der Waals surface area contributed by atoms with Gasteiger partial charge in [-0.15, -0.1) is 11.8 Å². The van der Waals surface area contributed by atoms with Crippen LogP contribution in [-0.2, 0) is 19.1 Å². The van der Waals surface area contributed by atoms with Crippen molar-refractivity contribution in [3.63, 3.8) is 0 Å². The Morgan fingerprint density at radius 1 is 1.23 bits per heavy atom. The summed E-state index contributed by atoms with van der Waals surface area (Å²) in [6, 6.07) is -0.296. The summed E-state index contributed by atoms with van der Waals surface area (Å²) < 4.78 is 19.5. The van der Waals surface area contributed by atoms with Crippen molar-refractivity contribution in [3.05, 3.63) is 38.7 Å². The van der Waals surface area contributed by atoms with E-state index in [9.17, 15) is 24.0 Å². The molecule has 2 aliphatic carbocycles. The molecule has 1 aromatic rings. The Morgan fingerprint density at radius 3 is 2.67 bits per heavy atom. The smallest absolute Gasteiger partial charge is 0.330 e. The van der Waals surface area contributed by atoms with Gasteiger partial charge in [-0.3, -0.25) is 19.1 Å². The molecule has 1 aromatic heterocycles. The lowest BCUT2D eigenvalue weighted by atomic mass is 10.1. The summed E-state index contributed by atoms with van der Waals surface area (Å²) in [7, 11) is 0. The number of aliphatic hydroxyl groups is 1. The van der Waals surface area contributed by atoms with Crippen LogP contribution in [0.25, 0.3) is 6.08 Å². The van der Waals surface area contributed by atoms with E-state index in [2.05, 4.69) is 32.6 Å². The van der Waals surface area contributed by atoms with Gasteiger partial charge in [-0.1, -0.05) is 12.2 Å². The molecule has 6 atom stereocenters. The number of carbonyl (C=O) groups excluding carboxylic acids is 3. The molecule has 12 heteroatoms. The van der Waals surface area contributed by atoms with Crippen LogP contribution in [0, 0.1) is 29.6 Å². The van der Waals surface area contributed by atoms with E-state index in [1.807, 2.05) is 0 Å². The number of amides is 2. The highest BCUT2D eigenvalue weighted by atomic mass is 16.6. The number of carbonyl (C=O) groups is 3. The quantitative estimate of drug-likeness (QED) is 0.217. The molecule has 216 valence electrons. The molecule has 12 nitrogen and oxygen atoms in total. The molecule has 0 spiro atoms. The summed E-state index contributed by atoms with van der Waals surface area (Å²) in [5.74, 6) is 7.38. The number of urea groups is 1. The third-order valence-corrected chi connectivity index (χ3v) is 7.63. The van der Waals surface area contributed by atoms with E-state index in [4.69, 9.17) is 10.9 Å². The average Bonchev–Trinajstić information content (AvgIpc) is 3.40. The van der Waals surface area contributed by atoms with Crippen molar-refractivity contribution in [1.82, 2.24) is 20.2 Å². The number of aromatic amines is 1. The van der Waals surface area contributed by atoms with Gasteiger partial charge in [0.15, 0.2) is 0 Å². The van der Waals surface area contributed by atoms with Crippen molar-refractivity contribution in [1.29, 1.82) is 1.43 Å². The Labute approximate surface area is 233 Å². The molecule has 2 heterocycles. The van der Waals surface area contributed by atoms with Crippen molar-refractivity contribution in [2.24, 2.45) is 17.8 Å². The van der Waals surface area contributed by atoms with Crippen molar-refractivity contribution in [3.8, 4) is 11.8 Å². The first-order chi connectivity index (χ1) is 19.8. The molecule has 0 bridgehead atoms. The lowest BCUT2D eigenvalue weighted by Gasteiger charge is -2.16. The summed E-state index contributed by atoms with van der Waals surface area (Å²) in [4.78, 5) is 62.7. The highest BCUT2D eigenvalue weighted by Crippen LogP contribution is 2.51. The molecule has 1 saturated heterocycles. The molecule has 4 N–H and O–H groups in total. The second-order valence-corrected chi connectivity index (χ2v) is 10.4. The minimum Gasteiger partial charge on any atom is -0.459 e. The van der Waals surface area contributed by atoms with Gasteiger partial charge in [0, 0.05) is 45.0 Å². The van der Waals surface area contributed by atoms with Crippen LogP contribution in [0.3, 0.4) is 0 Å². The molecule has 2 unspecified atom stereocenters. The number of fused-ring (bicyclic) bond motifs is 1. The normalized spacial score (nSPS) is 27.4. The summed E-state index contributed by atoms with van der Waals surface area (Å²) in [5, 5.41) is 10.1. The number of rotatable bonds is 12. The third kappa shape index (κ3) is 7.70. The van der Waals surface area contributed by atoms with Gasteiger partial charge in [-0.05, 0) is 37.5 Å². The number of hydrogen-bond acceptors (Lipinski definition) is 8. The van der Waals surface area contributed by atoms with Crippen molar-refractivity contribution in [2.75, 3.05) is 19.7 Å². The third-order valence-electron chi connectivity index (χ3n) is 7.63. The molecule has 2 amide bonds. The minimum atomic E-state index is -0.896. The van der Waals surface area contributed by atoms with E-state index < -0.39 is 35.7 Å². The van der Waals surface area contributed by atoms with E-state index >= 15 is 0 Å². The predicted molar refractivity (Wildman–Crippen MR) is 144 cm³/mol. The molecule has 40 heavy (non-hydrogen) atoms. The Bertz CT molecular complexity index is 1310. The maximum Gasteiger partial charge on any atom is 0.330 e. The molecule has 0 radical (unpaired) electrons. The van der Waals surface area contributed by atoms with Gasteiger partial charge < -0.3 is 30.0 Å². The Hall–Kier alpha value is -3.69. The summed E-state index contributed by atoms with van der Waals surface area (Å²) in [5.41, 5.74) is -1.18. The molecular formula is C28H36N4O8. The van der Waals surface area contributed by atoms with Crippen LogP contribution in [0.5, 0.6) is 0 Å². The van der Waals surface area contributed by atoms with Crippen molar-refractivity contribution >= 4 is 23.9 Å². The van der Waals surface area contributed by atoms with Crippen LogP contribution in [0.4, 0.5) is 4.79 Å². The fraction of sp³-hybridized carbons (Fsp3) is 0.607. The number of esters is 1. The van der Waals surface area contributed by atoms with Gasteiger partial charge in [0.2, 0.25) is 1.43 Å². The maximum absolute atomic E-state index is 12.6. The highest BCUT2D eigenvalue weighted by molar-refractivity contribution is 5.81. The van der Waals surface area contributed by atoms with Crippen LogP contribution in [0.15, 0.2) is 21.9 Å². The van der Waals surface area contributed by atoms with Crippen LogP contribution < -0.4 is 21.9 Å². The minimum absolute atomic E-state index is 0.0400. The largest absolute Gasteiger partial charge is 0.459 e. The first kappa shape index (κ1) is 27.9. The lowest BCUT2D eigenvalue weighted by Crippen LogP contribution is -2.37. The second-order valence-electron chi connectivity index (χ2n) is 10.4. The SMILES string of the molecule is [2H]OC[C@H]1O[C@@H](n2cc(/C=C/CNC(=O)NCC3[C@H]4CCC#CCC[C@@H]34)c(=O)[nH]c2=O)CC1OC(=O)CCC(C)=O. The highest BCUT2D eigenvalue weighted by Gasteiger charge is 2.48. The molecule has 2 fully saturated rings. The molecule has 3 aliphatic rings. The van der Waals surface area contributed by atoms with Crippen LogP contribution >= 0.6 is 0 Å². The molecule has 4 rings (SSSR count). The second kappa shape index (κ2) is 13.6. The topological polar surface area (TPSA) is 169 Å². The number of Topliss-reactive ketones (excluding diaryl/α,β-unsaturated/α-hetero) is 1. The van der Waals surface area contributed by atoms with Gasteiger partial charge in [-0.25, -0.2) is 9.59 Å². The molecule has 1 aliphatic heterocycles. The fourth-order valence-electron chi connectivity index (χ4n) is 5.43. The number of ether oxygens (including phenoxy) is 2. The summed E-state index contributed by atoms with van der Waals surface area (Å²) >= 11 is 0. The zero-order chi connectivity index (χ0) is 29.4. The summed E-state index contributed by atoms with van der Waals surface area (Å²) in [6.45, 7) is 1.94.